The van der Waals surface area contributed by atoms with Crippen LogP contribution in [0.2, 0.25) is 0 Å². The molecule has 0 saturated heterocycles. The van der Waals surface area contributed by atoms with Crippen molar-refractivity contribution in [3.8, 4) is 0 Å². The summed E-state index contributed by atoms with van der Waals surface area (Å²) in [6, 6.07) is 3.78. The number of fused-ring (bicyclic) bond motifs is 1. The number of rotatable bonds is 3. The Hall–Kier alpha value is -2.04. The molecular formula is C11H14N4O. The van der Waals surface area contributed by atoms with Crippen molar-refractivity contribution >= 4 is 17.1 Å². The van der Waals surface area contributed by atoms with Gasteiger partial charge in [-0.25, -0.2) is 9.78 Å². The molecule has 2 aromatic rings. The molecule has 0 bridgehead atoms. The number of hydrogen-bond donors (Lipinski definition) is 3. The van der Waals surface area contributed by atoms with E-state index in [1.54, 1.807) is 13.2 Å². The minimum Gasteiger partial charge on any atom is -0.346 e. The van der Waals surface area contributed by atoms with Gasteiger partial charge in [0.1, 0.15) is 5.65 Å². The van der Waals surface area contributed by atoms with Crippen molar-refractivity contribution in [3.63, 3.8) is 0 Å². The normalized spacial score (nSPS) is 10.3. The Balaban J connectivity index is 2.02. The highest BCUT2D eigenvalue weighted by molar-refractivity contribution is 5.79. The highest BCUT2D eigenvalue weighted by Gasteiger charge is 2.03. The maximum atomic E-state index is 11.0. The fourth-order valence-electron chi connectivity index (χ4n) is 1.62. The Morgan fingerprint density at radius 1 is 1.56 bits per heavy atom. The van der Waals surface area contributed by atoms with E-state index in [4.69, 9.17) is 0 Å². The summed E-state index contributed by atoms with van der Waals surface area (Å²) in [4.78, 5) is 18.3. The molecule has 0 unspecified atom stereocenters. The predicted octanol–water partition coefficient (Wildman–Crippen LogP) is 1.03. The van der Waals surface area contributed by atoms with E-state index in [1.807, 2.05) is 18.3 Å². The molecule has 5 heteroatoms. The number of urea groups is 1. The van der Waals surface area contributed by atoms with Crippen molar-refractivity contribution in [2.75, 3.05) is 13.6 Å². The number of aromatic nitrogens is 2. The van der Waals surface area contributed by atoms with Crippen molar-refractivity contribution < 1.29 is 4.79 Å². The predicted molar refractivity (Wildman–Crippen MR) is 62.3 cm³/mol. The summed E-state index contributed by atoms with van der Waals surface area (Å²) >= 11 is 0. The van der Waals surface area contributed by atoms with Crippen LogP contribution in [0.4, 0.5) is 4.79 Å². The number of amides is 2. The molecule has 0 aromatic carbocycles. The molecule has 2 heterocycles. The van der Waals surface area contributed by atoms with Crippen LogP contribution in [-0.2, 0) is 6.42 Å². The summed E-state index contributed by atoms with van der Waals surface area (Å²) in [6.45, 7) is 0.613. The van der Waals surface area contributed by atoms with E-state index in [0.717, 1.165) is 17.5 Å². The lowest BCUT2D eigenvalue weighted by atomic mass is 10.1. The Labute approximate surface area is 93.3 Å². The third-order valence-electron chi connectivity index (χ3n) is 2.44. The van der Waals surface area contributed by atoms with E-state index in [1.165, 1.54) is 5.56 Å². The average molecular weight is 218 g/mol. The van der Waals surface area contributed by atoms with Gasteiger partial charge in [0.05, 0.1) is 0 Å². The van der Waals surface area contributed by atoms with E-state index in [0.29, 0.717) is 6.54 Å². The SMILES string of the molecule is CNC(=O)NCCc1c[nH]c2ncccc12. The first-order valence-corrected chi connectivity index (χ1v) is 5.18. The van der Waals surface area contributed by atoms with Gasteiger partial charge in [-0.05, 0) is 24.1 Å². The van der Waals surface area contributed by atoms with Crippen LogP contribution in [0.5, 0.6) is 0 Å². The van der Waals surface area contributed by atoms with Gasteiger partial charge >= 0.3 is 6.03 Å². The molecule has 0 aliphatic carbocycles. The third-order valence-corrected chi connectivity index (χ3v) is 2.44. The van der Waals surface area contributed by atoms with Crippen LogP contribution in [0.1, 0.15) is 5.56 Å². The minimum absolute atomic E-state index is 0.155. The van der Waals surface area contributed by atoms with Crippen LogP contribution in [0.15, 0.2) is 24.5 Å². The second kappa shape index (κ2) is 4.65. The van der Waals surface area contributed by atoms with Crippen molar-refractivity contribution in [3.05, 3.63) is 30.1 Å². The molecule has 0 radical (unpaired) electrons. The first kappa shape index (κ1) is 10.5. The first-order valence-electron chi connectivity index (χ1n) is 5.18. The molecule has 2 amide bonds. The highest BCUT2D eigenvalue weighted by Crippen LogP contribution is 2.15. The third kappa shape index (κ3) is 2.13. The summed E-state index contributed by atoms with van der Waals surface area (Å²) < 4.78 is 0. The largest absolute Gasteiger partial charge is 0.346 e. The van der Waals surface area contributed by atoms with Gasteiger partial charge in [0, 0.05) is 31.4 Å². The number of hydrogen-bond acceptors (Lipinski definition) is 2. The van der Waals surface area contributed by atoms with E-state index in [-0.39, 0.29) is 6.03 Å². The van der Waals surface area contributed by atoms with Gasteiger partial charge < -0.3 is 15.6 Å². The molecule has 2 aromatic heterocycles. The van der Waals surface area contributed by atoms with Crippen LogP contribution in [0.3, 0.4) is 0 Å². The molecular weight excluding hydrogens is 204 g/mol. The van der Waals surface area contributed by atoms with Gasteiger partial charge in [-0.2, -0.15) is 0 Å². The van der Waals surface area contributed by atoms with Crippen LogP contribution in [0.25, 0.3) is 11.0 Å². The van der Waals surface area contributed by atoms with E-state index in [2.05, 4.69) is 20.6 Å². The summed E-state index contributed by atoms with van der Waals surface area (Å²) in [5.41, 5.74) is 2.05. The second-order valence-corrected chi connectivity index (χ2v) is 3.47. The number of aromatic amines is 1. The van der Waals surface area contributed by atoms with Gasteiger partial charge in [0.25, 0.3) is 0 Å². The van der Waals surface area contributed by atoms with Crippen LogP contribution < -0.4 is 10.6 Å². The van der Waals surface area contributed by atoms with Gasteiger partial charge in [0.15, 0.2) is 0 Å². The quantitative estimate of drug-likeness (QED) is 0.720. The van der Waals surface area contributed by atoms with Crippen LogP contribution in [0, 0.1) is 0 Å². The van der Waals surface area contributed by atoms with Gasteiger partial charge in [-0.1, -0.05) is 0 Å². The van der Waals surface area contributed by atoms with Crippen molar-refractivity contribution in [1.29, 1.82) is 0 Å². The van der Waals surface area contributed by atoms with Gasteiger partial charge in [0.2, 0.25) is 0 Å². The standard InChI is InChI=1S/C11H14N4O/c1-12-11(16)14-6-4-8-7-15-10-9(8)3-2-5-13-10/h2-3,5,7H,4,6H2,1H3,(H,13,15)(H2,12,14,16). The summed E-state index contributed by atoms with van der Waals surface area (Å²) in [6.07, 6.45) is 4.48. The second-order valence-electron chi connectivity index (χ2n) is 3.47. The summed E-state index contributed by atoms with van der Waals surface area (Å²) in [5.74, 6) is 0. The molecule has 0 atom stereocenters. The van der Waals surface area contributed by atoms with E-state index in [9.17, 15) is 4.79 Å². The highest BCUT2D eigenvalue weighted by atomic mass is 16.2. The van der Waals surface area contributed by atoms with Crippen molar-refractivity contribution in [2.24, 2.45) is 0 Å². The van der Waals surface area contributed by atoms with Crippen molar-refractivity contribution in [2.45, 2.75) is 6.42 Å². The zero-order valence-electron chi connectivity index (χ0n) is 9.08. The maximum Gasteiger partial charge on any atom is 0.314 e. The Morgan fingerprint density at radius 2 is 2.44 bits per heavy atom. The molecule has 3 N–H and O–H groups in total. The zero-order chi connectivity index (χ0) is 11.4. The Morgan fingerprint density at radius 3 is 3.25 bits per heavy atom. The van der Waals surface area contributed by atoms with Crippen molar-refractivity contribution in [1.82, 2.24) is 20.6 Å². The number of carbonyl (C=O) groups excluding carboxylic acids is 1. The molecule has 16 heavy (non-hydrogen) atoms. The lowest BCUT2D eigenvalue weighted by Crippen LogP contribution is -2.33. The smallest absolute Gasteiger partial charge is 0.314 e. The van der Waals surface area contributed by atoms with E-state index >= 15 is 0 Å². The number of carbonyl (C=O) groups is 1. The van der Waals surface area contributed by atoms with E-state index < -0.39 is 0 Å². The summed E-state index contributed by atoms with van der Waals surface area (Å²) in [7, 11) is 1.60. The Kier molecular flexibility index (Phi) is 3.05. The molecule has 5 nitrogen and oxygen atoms in total. The van der Waals surface area contributed by atoms with Crippen LogP contribution >= 0.6 is 0 Å². The topological polar surface area (TPSA) is 69.8 Å². The molecule has 0 saturated carbocycles. The molecule has 0 fully saturated rings. The molecule has 0 aliphatic heterocycles. The zero-order valence-corrected chi connectivity index (χ0v) is 9.08. The molecule has 2 rings (SSSR count). The summed E-state index contributed by atoms with van der Waals surface area (Å²) in [5, 5.41) is 6.38. The number of pyridine rings is 1. The average Bonchev–Trinajstić information content (AvgIpc) is 2.73. The monoisotopic (exact) mass is 218 g/mol. The number of nitrogens with zero attached hydrogens (tertiary/aromatic N) is 1. The lowest BCUT2D eigenvalue weighted by Gasteiger charge is -2.02. The first-order chi connectivity index (χ1) is 7.81. The molecule has 0 spiro atoms. The molecule has 0 aliphatic rings. The van der Waals surface area contributed by atoms with Crippen LogP contribution in [-0.4, -0.2) is 29.6 Å². The fourth-order valence-corrected chi connectivity index (χ4v) is 1.62. The number of nitrogens with one attached hydrogen (secondary N) is 3. The fraction of sp³-hybridized carbons (Fsp3) is 0.273. The number of H-pyrrole nitrogens is 1. The van der Waals surface area contributed by atoms with Gasteiger partial charge in [-0.3, -0.25) is 0 Å². The molecule has 84 valence electrons. The minimum atomic E-state index is -0.155. The lowest BCUT2D eigenvalue weighted by molar-refractivity contribution is 0.243. The Bertz CT molecular complexity index is 491. The maximum absolute atomic E-state index is 11.0. The van der Waals surface area contributed by atoms with Gasteiger partial charge in [-0.15, -0.1) is 0 Å².